The summed E-state index contributed by atoms with van der Waals surface area (Å²) in [4.78, 5) is 25.7. The lowest BCUT2D eigenvalue weighted by atomic mass is 9.92. The Morgan fingerprint density at radius 1 is 1.13 bits per heavy atom. The molecule has 6 nitrogen and oxygen atoms in total. The highest BCUT2D eigenvalue weighted by molar-refractivity contribution is 7.91. The number of benzene rings is 1. The predicted octanol–water partition coefficient (Wildman–Crippen LogP) is 2.17. The van der Waals surface area contributed by atoms with Gasteiger partial charge in [0, 0.05) is 6.42 Å². The molecule has 7 heteroatoms. The van der Waals surface area contributed by atoms with Crippen LogP contribution < -0.4 is 10.6 Å². The van der Waals surface area contributed by atoms with Crippen molar-refractivity contribution in [3.05, 3.63) is 47.5 Å². The molecule has 2 N–H and O–H groups in total. The van der Waals surface area contributed by atoms with Crippen molar-refractivity contribution in [2.45, 2.75) is 62.9 Å². The van der Waals surface area contributed by atoms with Gasteiger partial charge >= 0.3 is 0 Å². The molecule has 2 amide bonds. The molecule has 0 aromatic heterocycles. The number of sulfone groups is 1. The maximum atomic E-state index is 13.1. The lowest BCUT2D eigenvalue weighted by molar-refractivity contribution is -0.126. The lowest BCUT2D eigenvalue weighted by Gasteiger charge is -2.25. The van der Waals surface area contributed by atoms with E-state index in [4.69, 9.17) is 0 Å². The van der Waals surface area contributed by atoms with Crippen LogP contribution in [-0.2, 0) is 24.8 Å². The molecular formula is C23H30N2O4S. The zero-order chi connectivity index (χ0) is 21.4. The van der Waals surface area contributed by atoms with Crippen molar-refractivity contribution in [2.75, 3.05) is 11.5 Å². The van der Waals surface area contributed by atoms with Gasteiger partial charge in [0.05, 0.1) is 29.0 Å². The molecule has 162 valence electrons. The van der Waals surface area contributed by atoms with Crippen molar-refractivity contribution >= 4 is 21.7 Å². The van der Waals surface area contributed by atoms with Crippen LogP contribution in [0.2, 0.25) is 0 Å². The number of rotatable bonds is 6. The summed E-state index contributed by atoms with van der Waals surface area (Å²) >= 11 is 0. The van der Waals surface area contributed by atoms with E-state index in [9.17, 15) is 18.0 Å². The maximum absolute atomic E-state index is 13.1. The monoisotopic (exact) mass is 430 g/mol. The third-order valence-electron chi connectivity index (χ3n) is 6.57. The number of aryl methyl sites for hydroxylation is 1. The van der Waals surface area contributed by atoms with Gasteiger partial charge in [-0.05, 0) is 50.5 Å². The molecule has 2 fully saturated rings. The highest BCUT2D eigenvalue weighted by atomic mass is 32.2. The predicted molar refractivity (Wildman–Crippen MR) is 116 cm³/mol. The molecule has 4 rings (SSSR count). The Labute approximate surface area is 178 Å². The Morgan fingerprint density at radius 3 is 2.50 bits per heavy atom. The van der Waals surface area contributed by atoms with Crippen LogP contribution in [0, 0.1) is 12.8 Å². The zero-order valence-corrected chi connectivity index (χ0v) is 18.2. The Hall–Kier alpha value is -2.15. The fraction of sp³-hybridized carbons (Fsp3) is 0.565. The summed E-state index contributed by atoms with van der Waals surface area (Å²) in [6.45, 7) is 1.99. The molecule has 1 heterocycles. The quantitative estimate of drug-likeness (QED) is 0.677. The second kappa shape index (κ2) is 8.17. The average Bonchev–Trinajstić information content (AvgIpc) is 3.44. The van der Waals surface area contributed by atoms with Gasteiger partial charge in [0.2, 0.25) is 11.8 Å². The third-order valence-corrected chi connectivity index (χ3v) is 8.31. The number of nitrogens with one attached hydrogen (secondary N) is 2. The fourth-order valence-electron chi connectivity index (χ4n) is 4.71. The van der Waals surface area contributed by atoms with E-state index >= 15 is 0 Å². The minimum Gasteiger partial charge on any atom is -0.350 e. The molecule has 3 atom stereocenters. The first-order chi connectivity index (χ1) is 14.3. The summed E-state index contributed by atoms with van der Waals surface area (Å²) < 4.78 is 24.5. The summed E-state index contributed by atoms with van der Waals surface area (Å²) in [6.07, 6.45) is 9.16. The number of carbonyl (C=O) groups is 2. The van der Waals surface area contributed by atoms with Crippen molar-refractivity contribution in [3.8, 4) is 0 Å². The highest BCUT2D eigenvalue weighted by Gasteiger charge is 2.53. The Kier molecular flexibility index (Phi) is 5.75. The third kappa shape index (κ3) is 4.61. The van der Waals surface area contributed by atoms with E-state index in [0.29, 0.717) is 6.42 Å². The van der Waals surface area contributed by atoms with Gasteiger partial charge in [0.15, 0.2) is 9.84 Å². The Bertz CT molecular complexity index is 965. The topological polar surface area (TPSA) is 92.3 Å². The molecule has 1 aromatic carbocycles. The molecule has 2 aliphatic carbocycles. The van der Waals surface area contributed by atoms with Crippen molar-refractivity contribution in [3.63, 3.8) is 0 Å². The molecule has 1 aliphatic heterocycles. The molecular weight excluding hydrogens is 400 g/mol. The molecule has 1 saturated carbocycles. The summed E-state index contributed by atoms with van der Waals surface area (Å²) in [7, 11) is -3.31. The first-order valence-corrected chi connectivity index (χ1v) is 12.6. The Morgan fingerprint density at radius 2 is 1.87 bits per heavy atom. The van der Waals surface area contributed by atoms with Crippen LogP contribution in [0.25, 0.3) is 0 Å². The van der Waals surface area contributed by atoms with Gasteiger partial charge < -0.3 is 10.6 Å². The van der Waals surface area contributed by atoms with Gasteiger partial charge in [0.25, 0.3) is 0 Å². The van der Waals surface area contributed by atoms with E-state index < -0.39 is 27.3 Å². The molecule has 0 bridgehead atoms. The standard InChI is InChI=1S/C23H30N2O4S/c1-16-6-5-9-18(12-16)23(10-11-23)22(27)25-20-15-30(28,29)14-19(20)24-21(26)13-17-7-3-2-4-8-17/h3,5-7,9,12,17,19-20H,2,4,8,10-11,13-15H2,1H3,(H,24,26)(H,25,27). The molecule has 0 radical (unpaired) electrons. The zero-order valence-electron chi connectivity index (χ0n) is 17.4. The van der Waals surface area contributed by atoms with Gasteiger partial charge in [-0.3, -0.25) is 9.59 Å². The van der Waals surface area contributed by atoms with Crippen LogP contribution >= 0.6 is 0 Å². The van der Waals surface area contributed by atoms with Crippen molar-refractivity contribution in [2.24, 2.45) is 5.92 Å². The normalized spacial score (nSPS) is 28.6. The molecule has 3 aliphatic rings. The van der Waals surface area contributed by atoms with E-state index in [0.717, 1.165) is 43.2 Å². The largest absolute Gasteiger partial charge is 0.350 e. The molecule has 1 aromatic rings. The van der Waals surface area contributed by atoms with Crippen molar-refractivity contribution in [1.29, 1.82) is 0 Å². The summed E-state index contributed by atoms with van der Waals surface area (Å²) in [6, 6.07) is 6.76. The van der Waals surface area contributed by atoms with Crippen LogP contribution in [-0.4, -0.2) is 43.8 Å². The summed E-state index contributed by atoms with van der Waals surface area (Å²) in [5, 5.41) is 5.86. The second-order valence-electron chi connectivity index (χ2n) is 9.11. The van der Waals surface area contributed by atoms with Crippen LogP contribution in [0.4, 0.5) is 0 Å². The smallest absolute Gasteiger partial charge is 0.230 e. The fourth-order valence-corrected chi connectivity index (χ4v) is 6.57. The lowest BCUT2D eigenvalue weighted by Crippen LogP contribution is -2.53. The van der Waals surface area contributed by atoms with E-state index in [-0.39, 0.29) is 29.2 Å². The van der Waals surface area contributed by atoms with E-state index in [2.05, 4.69) is 22.8 Å². The number of hydrogen-bond donors (Lipinski definition) is 2. The minimum atomic E-state index is -3.31. The average molecular weight is 431 g/mol. The van der Waals surface area contributed by atoms with Gasteiger partial charge in [-0.25, -0.2) is 8.42 Å². The first kappa shape index (κ1) is 21.1. The van der Waals surface area contributed by atoms with Crippen LogP contribution in [0.3, 0.4) is 0 Å². The van der Waals surface area contributed by atoms with Gasteiger partial charge in [-0.1, -0.05) is 42.0 Å². The summed E-state index contributed by atoms with van der Waals surface area (Å²) in [5.41, 5.74) is 1.50. The SMILES string of the molecule is Cc1cccc(C2(C(=O)NC3CS(=O)(=O)CC3NC(=O)CC3C=CCCC3)CC2)c1. The number of carbonyl (C=O) groups excluding carboxylic acids is 2. The second-order valence-corrected chi connectivity index (χ2v) is 11.3. The van der Waals surface area contributed by atoms with Crippen LogP contribution in [0.5, 0.6) is 0 Å². The van der Waals surface area contributed by atoms with Gasteiger partial charge in [-0.2, -0.15) is 0 Å². The minimum absolute atomic E-state index is 0.123. The van der Waals surface area contributed by atoms with Crippen molar-refractivity contribution in [1.82, 2.24) is 10.6 Å². The van der Waals surface area contributed by atoms with E-state index in [1.165, 1.54) is 0 Å². The van der Waals surface area contributed by atoms with Crippen molar-refractivity contribution < 1.29 is 18.0 Å². The molecule has 1 saturated heterocycles. The number of hydrogen-bond acceptors (Lipinski definition) is 4. The van der Waals surface area contributed by atoms with E-state index in [1.54, 1.807) is 0 Å². The molecule has 3 unspecified atom stereocenters. The van der Waals surface area contributed by atoms with E-state index in [1.807, 2.05) is 31.2 Å². The van der Waals surface area contributed by atoms with Crippen LogP contribution in [0.15, 0.2) is 36.4 Å². The highest BCUT2D eigenvalue weighted by Crippen LogP contribution is 2.48. The Balaban J connectivity index is 1.42. The first-order valence-electron chi connectivity index (χ1n) is 10.8. The molecule has 30 heavy (non-hydrogen) atoms. The summed E-state index contributed by atoms with van der Waals surface area (Å²) in [5.74, 6) is -0.323. The molecule has 0 spiro atoms. The van der Waals surface area contributed by atoms with Gasteiger partial charge in [-0.15, -0.1) is 0 Å². The van der Waals surface area contributed by atoms with Crippen LogP contribution in [0.1, 0.15) is 49.7 Å². The van der Waals surface area contributed by atoms with Gasteiger partial charge in [0.1, 0.15) is 0 Å². The number of amides is 2. The maximum Gasteiger partial charge on any atom is 0.230 e. The number of allylic oxidation sites excluding steroid dienone is 2.